The molecule has 0 fully saturated rings. The Morgan fingerprint density at radius 2 is 1.77 bits per heavy atom. The molecule has 0 aliphatic rings. The van der Waals surface area contributed by atoms with Crippen molar-refractivity contribution >= 4 is 33.4 Å². The number of hydrogen-bond acceptors (Lipinski definition) is 5. The molecule has 5 aromatic rings. The lowest BCUT2D eigenvalue weighted by atomic mass is 9.99. The number of halogens is 1. The third kappa shape index (κ3) is 6.51. The second kappa shape index (κ2) is 12.8. The average Bonchev–Trinajstić information content (AvgIpc) is 3.56. The number of nitrogens with zero attached hydrogens (tertiary/aromatic N) is 5. The number of imidazole rings is 1. The highest BCUT2D eigenvalue weighted by atomic mass is 19.1. The van der Waals surface area contributed by atoms with Gasteiger partial charge in [-0.3, -0.25) is 10.1 Å². The summed E-state index contributed by atoms with van der Waals surface area (Å²) in [6.45, 7) is 10.9. The van der Waals surface area contributed by atoms with Crippen molar-refractivity contribution < 1.29 is 4.39 Å². The van der Waals surface area contributed by atoms with Crippen molar-refractivity contribution in [3.63, 3.8) is 0 Å². The van der Waals surface area contributed by atoms with Crippen LogP contribution in [-0.2, 0) is 6.42 Å². The van der Waals surface area contributed by atoms with Gasteiger partial charge in [0.05, 0.1) is 22.2 Å². The van der Waals surface area contributed by atoms with Crippen molar-refractivity contribution in [1.82, 2.24) is 30.0 Å². The van der Waals surface area contributed by atoms with E-state index in [0.29, 0.717) is 11.5 Å². The van der Waals surface area contributed by atoms with Crippen molar-refractivity contribution in [3.8, 4) is 22.6 Å². The molecule has 3 aromatic heterocycles. The van der Waals surface area contributed by atoms with Gasteiger partial charge in [-0.25, -0.2) is 14.4 Å². The number of fused-ring (bicyclic) bond motifs is 2. The van der Waals surface area contributed by atoms with Gasteiger partial charge < -0.3 is 9.88 Å². The number of nitrogens with one attached hydrogen (secondary N) is 2. The van der Waals surface area contributed by atoms with Gasteiger partial charge in [-0.2, -0.15) is 5.10 Å². The van der Waals surface area contributed by atoms with Crippen molar-refractivity contribution in [2.24, 2.45) is 4.99 Å². The smallest absolute Gasteiger partial charge is 0.161 e. The van der Waals surface area contributed by atoms with E-state index in [1.165, 1.54) is 0 Å². The van der Waals surface area contributed by atoms with E-state index in [0.717, 1.165) is 75.1 Å². The maximum Gasteiger partial charge on any atom is 0.161 e. The highest BCUT2D eigenvalue weighted by Crippen LogP contribution is 2.32. The first-order valence-electron chi connectivity index (χ1n) is 13.8. The molecule has 208 valence electrons. The lowest BCUT2D eigenvalue weighted by molar-refractivity contribution is 0.400. The molecule has 2 aromatic carbocycles. The fraction of sp³-hybridized carbons (Fsp3) is 0.312. The van der Waals surface area contributed by atoms with Gasteiger partial charge in [-0.15, -0.1) is 0 Å². The van der Waals surface area contributed by atoms with E-state index < -0.39 is 0 Å². The van der Waals surface area contributed by atoms with Gasteiger partial charge in [-0.1, -0.05) is 32.0 Å². The molecule has 0 unspecified atom stereocenters. The molecule has 0 atom stereocenters. The van der Waals surface area contributed by atoms with Gasteiger partial charge in [0.15, 0.2) is 11.5 Å². The van der Waals surface area contributed by atoms with Crippen molar-refractivity contribution in [1.29, 1.82) is 0 Å². The lowest BCUT2D eigenvalue weighted by Crippen LogP contribution is -2.13. The minimum Gasteiger partial charge on any atom is -0.336 e. The molecular weight excluding hydrogens is 501 g/mol. The highest BCUT2D eigenvalue weighted by Gasteiger charge is 2.17. The monoisotopic (exact) mass is 539 g/mol. The first-order chi connectivity index (χ1) is 19.3. The summed E-state index contributed by atoms with van der Waals surface area (Å²) in [4.78, 5) is 19.7. The molecule has 0 bridgehead atoms. The largest absolute Gasteiger partial charge is 0.336 e. The van der Waals surface area contributed by atoms with E-state index in [4.69, 9.17) is 9.97 Å². The standard InChI is InChI=1S/C30H32FN7.C2H6/c1-18(2)32-17-19(3)24-11-12-26-28(33-24)29(37-36-26)30-34-25-10-6-9-23(27(25)35-30)21-14-20(15-22(31)16-21)8-7-13-38(4)5;1-2/h6,9-12,14-17H,7-8,13H2,1-5H3,(H,34,35)(H,36,37);1-2H3/b19-17+;. The third-order valence-electron chi connectivity index (χ3n) is 6.40. The van der Waals surface area contributed by atoms with Crippen molar-refractivity contribution in [2.45, 2.75) is 47.5 Å². The summed E-state index contributed by atoms with van der Waals surface area (Å²) in [6, 6.07) is 15.1. The Morgan fingerprint density at radius 1 is 0.975 bits per heavy atom. The van der Waals surface area contributed by atoms with Crippen molar-refractivity contribution in [3.05, 3.63) is 71.8 Å². The number of allylic oxidation sites excluding steroid dienone is 1. The maximum atomic E-state index is 14.6. The number of H-pyrrole nitrogens is 2. The molecule has 8 heteroatoms. The molecule has 0 spiro atoms. The number of benzene rings is 2. The lowest BCUT2D eigenvalue weighted by Gasteiger charge is -2.10. The number of aliphatic imine (C=N–C) groups is 1. The molecule has 0 radical (unpaired) electrons. The topological polar surface area (TPSA) is 85.9 Å². The van der Waals surface area contributed by atoms with Crippen LogP contribution in [0.2, 0.25) is 0 Å². The fourth-order valence-electron chi connectivity index (χ4n) is 4.50. The zero-order valence-electron chi connectivity index (χ0n) is 24.4. The summed E-state index contributed by atoms with van der Waals surface area (Å²) < 4.78 is 14.6. The van der Waals surface area contributed by atoms with Crippen LogP contribution in [0.15, 0.2) is 59.7 Å². The van der Waals surface area contributed by atoms with E-state index >= 15 is 0 Å². The molecule has 0 saturated carbocycles. The molecule has 40 heavy (non-hydrogen) atoms. The zero-order chi connectivity index (χ0) is 28.8. The van der Waals surface area contributed by atoms with Crippen LogP contribution in [0.3, 0.4) is 0 Å². The predicted molar refractivity (Wildman–Crippen MR) is 165 cm³/mol. The number of aromatic amines is 2. The van der Waals surface area contributed by atoms with Gasteiger partial charge in [0.25, 0.3) is 0 Å². The quantitative estimate of drug-likeness (QED) is 0.198. The normalized spacial score (nSPS) is 11.7. The second-order valence-electron chi connectivity index (χ2n) is 10.1. The third-order valence-corrected chi connectivity index (χ3v) is 6.40. The van der Waals surface area contributed by atoms with Crippen LogP contribution in [0, 0.1) is 5.82 Å². The van der Waals surface area contributed by atoms with Crippen molar-refractivity contribution in [2.75, 3.05) is 20.6 Å². The number of para-hydroxylation sites is 1. The summed E-state index contributed by atoms with van der Waals surface area (Å²) >= 11 is 0. The van der Waals surface area contributed by atoms with Gasteiger partial charge in [0, 0.05) is 17.5 Å². The molecule has 7 nitrogen and oxygen atoms in total. The van der Waals surface area contributed by atoms with Crippen LogP contribution in [-0.4, -0.2) is 56.4 Å². The Bertz CT molecular complexity index is 1670. The molecular formula is C32H38FN7. The number of aromatic nitrogens is 5. The van der Waals surface area contributed by atoms with Crippen LogP contribution in [0.25, 0.3) is 50.3 Å². The molecule has 0 aliphatic heterocycles. The Hall–Kier alpha value is -4.17. The van der Waals surface area contributed by atoms with Gasteiger partial charge in [0.1, 0.15) is 11.3 Å². The molecule has 0 saturated heterocycles. The minimum absolute atomic E-state index is 0.240. The van der Waals surface area contributed by atoms with Gasteiger partial charge >= 0.3 is 0 Å². The van der Waals surface area contributed by atoms with Crippen LogP contribution in [0.1, 0.15) is 52.3 Å². The summed E-state index contributed by atoms with van der Waals surface area (Å²) in [7, 11) is 4.09. The first-order valence-corrected chi connectivity index (χ1v) is 13.8. The second-order valence-corrected chi connectivity index (χ2v) is 10.1. The van der Waals surface area contributed by atoms with E-state index in [1.54, 1.807) is 12.1 Å². The van der Waals surface area contributed by atoms with E-state index in [1.807, 2.05) is 85.2 Å². The van der Waals surface area contributed by atoms with E-state index in [2.05, 4.69) is 31.1 Å². The molecule has 2 N–H and O–H groups in total. The summed E-state index contributed by atoms with van der Waals surface area (Å²) in [5, 5.41) is 7.59. The van der Waals surface area contributed by atoms with Crippen LogP contribution >= 0.6 is 0 Å². The molecule has 0 amide bonds. The Balaban J connectivity index is 0.00000181. The number of aryl methyl sites for hydroxylation is 1. The minimum atomic E-state index is -0.240. The maximum absolute atomic E-state index is 14.6. The van der Waals surface area contributed by atoms with E-state index in [9.17, 15) is 4.39 Å². The number of pyridine rings is 1. The Kier molecular flexibility index (Phi) is 9.22. The predicted octanol–water partition coefficient (Wildman–Crippen LogP) is 7.67. The van der Waals surface area contributed by atoms with Gasteiger partial charge in [0.2, 0.25) is 0 Å². The number of hydrogen-bond donors (Lipinski definition) is 2. The SMILES string of the molecule is CC.CC(C)=N/C=C(\C)c1ccc2[nH]nc(-c3nc4c(-c5cc(F)cc(CCCN(C)C)c5)cccc4[nH]3)c2n1. The van der Waals surface area contributed by atoms with Crippen LogP contribution < -0.4 is 0 Å². The average molecular weight is 540 g/mol. The summed E-state index contributed by atoms with van der Waals surface area (Å²) in [6.07, 6.45) is 3.60. The van der Waals surface area contributed by atoms with Crippen LogP contribution in [0.4, 0.5) is 4.39 Å². The number of rotatable bonds is 8. The fourth-order valence-corrected chi connectivity index (χ4v) is 4.50. The first kappa shape index (κ1) is 28.8. The Labute approximate surface area is 235 Å². The molecule has 3 heterocycles. The summed E-state index contributed by atoms with van der Waals surface area (Å²) in [5.74, 6) is 0.367. The molecule has 0 aliphatic carbocycles. The van der Waals surface area contributed by atoms with E-state index in [-0.39, 0.29) is 5.82 Å². The zero-order valence-corrected chi connectivity index (χ0v) is 24.4. The molecule has 5 rings (SSSR count). The summed E-state index contributed by atoms with van der Waals surface area (Å²) in [5.41, 5.74) is 9.23. The highest BCUT2D eigenvalue weighted by molar-refractivity contribution is 5.96. The van der Waals surface area contributed by atoms with Crippen LogP contribution in [0.5, 0.6) is 0 Å². The van der Waals surface area contributed by atoms with Gasteiger partial charge in [-0.05, 0) is 101 Å². The Morgan fingerprint density at radius 3 is 2.52 bits per heavy atom.